The van der Waals surface area contributed by atoms with Gasteiger partial charge in [0.25, 0.3) is 10.0 Å². The number of nitriles is 1. The molecule has 0 saturated carbocycles. The van der Waals surface area contributed by atoms with E-state index in [1.165, 1.54) is 18.3 Å². The van der Waals surface area contributed by atoms with Gasteiger partial charge in [0.15, 0.2) is 0 Å². The van der Waals surface area contributed by atoms with E-state index in [0.717, 1.165) is 0 Å². The predicted octanol–water partition coefficient (Wildman–Crippen LogP) is 2.13. The standard InChI is InChI=1S/C15H16N4O2S/c1-11-8-12(9-16)4-5-15(11)22(20,21)18-13-10-17-7-6-14(13)19(2)3/h4-8,10,18H,1-3H3. The fourth-order valence-corrected chi connectivity index (χ4v) is 3.36. The van der Waals surface area contributed by atoms with Gasteiger partial charge in [0.05, 0.1) is 34.1 Å². The zero-order chi connectivity index (χ0) is 16.3. The van der Waals surface area contributed by atoms with E-state index < -0.39 is 10.0 Å². The number of sulfonamides is 1. The van der Waals surface area contributed by atoms with Crippen LogP contribution < -0.4 is 9.62 Å². The Balaban J connectivity index is 2.43. The summed E-state index contributed by atoms with van der Waals surface area (Å²) < 4.78 is 27.7. The van der Waals surface area contributed by atoms with Gasteiger partial charge in [-0.25, -0.2) is 8.42 Å². The summed E-state index contributed by atoms with van der Waals surface area (Å²) in [5.74, 6) is 0. The second kappa shape index (κ2) is 6.03. The Labute approximate surface area is 130 Å². The molecule has 0 fully saturated rings. The van der Waals surface area contributed by atoms with Crippen molar-refractivity contribution in [3.8, 4) is 6.07 Å². The molecule has 1 aromatic carbocycles. The smallest absolute Gasteiger partial charge is 0.262 e. The lowest BCUT2D eigenvalue weighted by Crippen LogP contribution is -2.18. The van der Waals surface area contributed by atoms with E-state index >= 15 is 0 Å². The SMILES string of the molecule is Cc1cc(C#N)ccc1S(=O)(=O)Nc1cnccc1N(C)C. The van der Waals surface area contributed by atoms with Crippen LogP contribution in [0.15, 0.2) is 41.6 Å². The first-order chi connectivity index (χ1) is 10.3. The second-order valence-corrected chi connectivity index (χ2v) is 6.64. The number of hydrogen-bond donors (Lipinski definition) is 1. The third kappa shape index (κ3) is 3.18. The fraction of sp³-hybridized carbons (Fsp3) is 0.200. The molecule has 0 aliphatic rings. The zero-order valence-electron chi connectivity index (χ0n) is 12.5. The van der Waals surface area contributed by atoms with Crippen LogP contribution in [0.4, 0.5) is 11.4 Å². The van der Waals surface area contributed by atoms with Gasteiger partial charge < -0.3 is 4.90 Å². The van der Waals surface area contributed by atoms with Crippen molar-refractivity contribution in [2.75, 3.05) is 23.7 Å². The minimum absolute atomic E-state index is 0.139. The van der Waals surface area contributed by atoms with Crippen LogP contribution >= 0.6 is 0 Å². The molecule has 0 aliphatic heterocycles. The van der Waals surface area contributed by atoms with Crippen molar-refractivity contribution in [2.24, 2.45) is 0 Å². The number of nitrogens with zero attached hydrogens (tertiary/aromatic N) is 3. The highest BCUT2D eigenvalue weighted by atomic mass is 32.2. The van der Waals surface area contributed by atoms with Crippen LogP contribution in [0, 0.1) is 18.3 Å². The first-order valence-corrected chi connectivity index (χ1v) is 7.98. The summed E-state index contributed by atoms with van der Waals surface area (Å²) in [6, 6.07) is 8.18. The van der Waals surface area contributed by atoms with Crippen molar-refractivity contribution in [3.05, 3.63) is 47.8 Å². The monoisotopic (exact) mass is 316 g/mol. The highest BCUT2D eigenvalue weighted by molar-refractivity contribution is 7.92. The summed E-state index contributed by atoms with van der Waals surface area (Å²) >= 11 is 0. The Morgan fingerprint density at radius 1 is 1.27 bits per heavy atom. The van der Waals surface area contributed by atoms with Gasteiger partial charge >= 0.3 is 0 Å². The first-order valence-electron chi connectivity index (χ1n) is 6.50. The molecular weight excluding hydrogens is 300 g/mol. The van der Waals surface area contributed by atoms with Crippen molar-refractivity contribution in [1.29, 1.82) is 5.26 Å². The maximum atomic E-state index is 12.6. The Morgan fingerprint density at radius 3 is 2.59 bits per heavy atom. The fourth-order valence-electron chi connectivity index (χ4n) is 2.08. The van der Waals surface area contributed by atoms with E-state index in [-0.39, 0.29) is 4.90 Å². The highest BCUT2D eigenvalue weighted by Gasteiger charge is 2.19. The number of nitrogens with one attached hydrogen (secondary N) is 1. The molecule has 2 rings (SSSR count). The average Bonchev–Trinajstić information content (AvgIpc) is 2.46. The number of benzene rings is 1. The van der Waals surface area contributed by atoms with E-state index in [1.54, 1.807) is 30.2 Å². The summed E-state index contributed by atoms with van der Waals surface area (Å²) in [5, 5.41) is 8.86. The molecule has 6 nitrogen and oxygen atoms in total. The Hall–Kier alpha value is -2.59. The van der Waals surface area contributed by atoms with E-state index in [4.69, 9.17) is 5.26 Å². The van der Waals surface area contributed by atoms with Gasteiger partial charge in [-0.2, -0.15) is 5.26 Å². The molecule has 7 heteroatoms. The molecule has 0 amide bonds. The van der Waals surface area contributed by atoms with Gasteiger partial charge in [-0.05, 0) is 36.8 Å². The van der Waals surface area contributed by atoms with Crippen molar-refractivity contribution in [3.63, 3.8) is 0 Å². The summed E-state index contributed by atoms with van der Waals surface area (Å²) in [7, 11) is -0.112. The Morgan fingerprint density at radius 2 is 2.00 bits per heavy atom. The predicted molar refractivity (Wildman–Crippen MR) is 85.3 cm³/mol. The van der Waals surface area contributed by atoms with Crippen molar-refractivity contribution in [1.82, 2.24) is 4.98 Å². The largest absolute Gasteiger partial charge is 0.376 e. The maximum absolute atomic E-state index is 12.6. The van der Waals surface area contributed by atoms with Crippen LogP contribution in [0.2, 0.25) is 0 Å². The highest BCUT2D eigenvalue weighted by Crippen LogP contribution is 2.26. The molecule has 1 aromatic heterocycles. The molecule has 1 N–H and O–H groups in total. The molecule has 0 spiro atoms. The van der Waals surface area contributed by atoms with Gasteiger partial charge in [0, 0.05) is 20.3 Å². The van der Waals surface area contributed by atoms with Crippen LogP contribution in [-0.2, 0) is 10.0 Å². The number of rotatable bonds is 4. The number of aryl methyl sites for hydroxylation is 1. The van der Waals surface area contributed by atoms with Crippen LogP contribution in [0.25, 0.3) is 0 Å². The number of aromatic nitrogens is 1. The molecule has 0 radical (unpaired) electrons. The molecule has 22 heavy (non-hydrogen) atoms. The molecule has 114 valence electrons. The van der Waals surface area contributed by atoms with Gasteiger partial charge in [0.1, 0.15) is 0 Å². The van der Waals surface area contributed by atoms with Crippen molar-refractivity contribution >= 4 is 21.4 Å². The van der Waals surface area contributed by atoms with E-state index in [9.17, 15) is 8.42 Å². The minimum Gasteiger partial charge on any atom is -0.376 e. The topological polar surface area (TPSA) is 86.1 Å². The lowest BCUT2D eigenvalue weighted by atomic mass is 10.2. The van der Waals surface area contributed by atoms with E-state index in [2.05, 4.69) is 9.71 Å². The van der Waals surface area contributed by atoms with Gasteiger partial charge in [0.2, 0.25) is 0 Å². The first kappa shape index (κ1) is 15.8. The Bertz CT molecular complexity index is 839. The quantitative estimate of drug-likeness (QED) is 0.934. The molecule has 1 heterocycles. The van der Waals surface area contributed by atoms with Crippen LogP contribution in [-0.4, -0.2) is 27.5 Å². The molecule has 0 aliphatic carbocycles. The number of pyridine rings is 1. The molecule has 0 saturated heterocycles. The maximum Gasteiger partial charge on any atom is 0.262 e. The summed E-state index contributed by atoms with van der Waals surface area (Å²) in [6.07, 6.45) is 3.06. The Kier molecular flexibility index (Phi) is 4.33. The van der Waals surface area contributed by atoms with Gasteiger partial charge in [-0.3, -0.25) is 9.71 Å². The molecule has 0 atom stereocenters. The normalized spacial score (nSPS) is 10.8. The summed E-state index contributed by atoms with van der Waals surface area (Å²) in [4.78, 5) is 5.89. The van der Waals surface area contributed by atoms with Gasteiger partial charge in [-0.1, -0.05) is 0 Å². The second-order valence-electron chi connectivity index (χ2n) is 4.98. The number of hydrogen-bond acceptors (Lipinski definition) is 5. The number of anilines is 2. The zero-order valence-corrected chi connectivity index (χ0v) is 13.3. The van der Waals surface area contributed by atoms with E-state index in [1.807, 2.05) is 20.2 Å². The average molecular weight is 316 g/mol. The van der Waals surface area contributed by atoms with Crippen LogP contribution in [0.3, 0.4) is 0 Å². The van der Waals surface area contributed by atoms with Crippen molar-refractivity contribution in [2.45, 2.75) is 11.8 Å². The van der Waals surface area contributed by atoms with Crippen molar-refractivity contribution < 1.29 is 8.42 Å². The van der Waals surface area contributed by atoms with E-state index in [0.29, 0.717) is 22.5 Å². The minimum atomic E-state index is -3.75. The van der Waals surface area contributed by atoms with Gasteiger partial charge in [-0.15, -0.1) is 0 Å². The molecule has 2 aromatic rings. The summed E-state index contributed by atoms with van der Waals surface area (Å²) in [5.41, 5.74) is 2.05. The third-order valence-corrected chi connectivity index (χ3v) is 4.64. The lowest BCUT2D eigenvalue weighted by molar-refractivity contribution is 0.600. The summed E-state index contributed by atoms with van der Waals surface area (Å²) in [6.45, 7) is 1.66. The molecule has 0 bridgehead atoms. The van der Waals surface area contributed by atoms with Crippen LogP contribution in [0.1, 0.15) is 11.1 Å². The molecule has 0 unspecified atom stereocenters. The van der Waals surface area contributed by atoms with Crippen LogP contribution in [0.5, 0.6) is 0 Å². The lowest BCUT2D eigenvalue weighted by Gasteiger charge is -2.18. The molecular formula is C15H16N4O2S. The third-order valence-electron chi connectivity index (χ3n) is 3.12.